The molecule has 1 aromatic rings. The summed E-state index contributed by atoms with van der Waals surface area (Å²) >= 11 is 0. The second-order valence-corrected chi connectivity index (χ2v) is 5.98. The van der Waals surface area contributed by atoms with Gasteiger partial charge >= 0.3 is 29.6 Å². The first kappa shape index (κ1) is 19.9. The first-order chi connectivity index (χ1) is 8.99. The molecule has 0 aromatic heterocycles. The Morgan fingerprint density at radius 2 is 1.90 bits per heavy atom. The monoisotopic (exact) mass is 308 g/mol. The van der Waals surface area contributed by atoms with Gasteiger partial charge in [-0.3, -0.25) is 0 Å². The first-order valence-corrected chi connectivity index (χ1v) is 8.07. The summed E-state index contributed by atoms with van der Waals surface area (Å²) in [5.41, 5.74) is 0. The average Bonchev–Trinajstić information content (AvgIpc) is 2.38. The summed E-state index contributed by atoms with van der Waals surface area (Å²) in [6.45, 7) is 4.66. The summed E-state index contributed by atoms with van der Waals surface area (Å²) < 4.78 is 38.8. The molecule has 20 heavy (non-hydrogen) atoms. The van der Waals surface area contributed by atoms with Crippen molar-refractivity contribution in [2.75, 3.05) is 6.61 Å². The van der Waals surface area contributed by atoms with Gasteiger partial charge in [-0.15, -0.1) is 0 Å². The van der Waals surface area contributed by atoms with Crippen LogP contribution < -0.4 is 34.3 Å². The van der Waals surface area contributed by atoms with Gasteiger partial charge in [0.1, 0.15) is 15.9 Å². The zero-order chi connectivity index (χ0) is 14.3. The van der Waals surface area contributed by atoms with Crippen molar-refractivity contribution >= 4 is 10.1 Å². The number of ether oxygens (including phenoxy) is 1. The van der Waals surface area contributed by atoms with Crippen LogP contribution in [0.5, 0.6) is 5.75 Å². The summed E-state index contributed by atoms with van der Waals surface area (Å²) in [6, 6.07) is 5.99. The van der Waals surface area contributed by atoms with Crippen LogP contribution in [0.4, 0.5) is 0 Å². The van der Waals surface area contributed by atoms with E-state index in [9.17, 15) is 13.0 Å². The minimum atomic E-state index is -4.48. The molecule has 0 aliphatic rings. The summed E-state index contributed by atoms with van der Waals surface area (Å²) in [7, 11) is -4.48. The molecule has 1 aromatic carbocycles. The van der Waals surface area contributed by atoms with Gasteiger partial charge in [0.2, 0.25) is 0 Å². The Hall–Kier alpha value is -0.0700. The molecule has 0 fully saturated rings. The molecule has 0 heterocycles. The van der Waals surface area contributed by atoms with Gasteiger partial charge < -0.3 is 9.29 Å². The molecule has 108 valence electrons. The minimum Gasteiger partial charge on any atom is -0.744 e. The van der Waals surface area contributed by atoms with Crippen molar-refractivity contribution in [3.63, 3.8) is 0 Å². The summed E-state index contributed by atoms with van der Waals surface area (Å²) in [6.07, 6.45) is 4.29. The van der Waals surface area contributed by atoms with Gasteiger partial charge in [-0.05, 0) is 24.5 Å². The predicted octanol–water partition coefficient (Wildman–Crippen LogP) is 0.190. The maximum absolute atomic E-state index is 11.1. The van der Waals surface area contributed by atoms with Crippen molar-refractivity contribution in [3.8, 4) is 5.75 Å². The fourth-order valence-corrected chi connectivity index (χ4v) is 2.50. The van der Waals surface area contributed by atoms with Crippen LogP contribution in [0, 0.1) is 5.92 Å². The number of hydrogen-bond donors (Lipinski definition) is 0. The van der Waals surface area contributed by atoms with Gasteiger partial charge in [0.25, 0.3) is 0 Å². The van der Waals surface area contributed by atoms with Crippen LogP contribution in [-0.4, -0.2) is 19.6 Å². The Balaban J connectivity index is 0.00000361. The second kappa shape index (κ2) is 9.79. The van der Waals surface area contributed by atoms with E-state index >= 15 is 0 Å². The van der Waals surface area contributed by atoms with E-state index in [-0.39, 0.29) is 40.2 Å². The molecule has 4 nitrogen and oxygen atoms in total. The Bertz CT molecular complexity index is 488. The van der Waals surface area contributed by atoms with Gasteiger partial charge in [-0.2, -0.15) is 0 Å². The SMILES string of the molecule is CCCCC(CC)COc1ccccc1S(=O)(=O)[O-].[Na+]. The number of para-hydroxylation sites is 1. The summed E-state index contributed by atoms with van der Waals surface area (Å²) in [5, 5.41) is 0. The number of benzene rings is 1. The molecular weight excluding hydrogens is 287 g/mol. The molecular formula is C14H21NaO4S. The molecule has 0 N–H and O–H groups in total. The zero-order valence-corrected chi connectivity index (χ0v) is 15.3. The van der Waals surface area contributed by atoms with Crippen molar-refractivity contribution < 1.29 is 47.3 Å². The van der Waals surface area contributed by atoms with E-state index in [4.69, 9.17) is 4.74 Å². The molecule has 1 atom stereocenters. The number of hydrogen-bond acceptors (Lipinski definition) is 4. The Kier molecular flexibility index (Phi) is 9.76. The van der Waals surface area contributed by atoms with E-state index in [1.165, 1.54) is 18.2 Å². The normalized spacial score (nSPS) is 12.6. The van der Waals surface area contributed by atoms with Gasteiger partial charge in [-0.1, -0.05) is 45.2 Å². The fourth-order valence-electron chi connectivity index (χ4n) is 1.88. The topological polar surface area (TPSA) is 66.4 Å². The third-order valence-electron chi connectivity index (χ3n) is 3.14. The van der Waals surface area contributed by atoms with Gasteiger partial charge in [0.15, 0.2) is 0 Å². The zero-order valence-electron chi connectivity index (χ0n) is 12.5. The van der Waals surface area contributed by atoms with Crippen LogP contribution in [0.3, 0.4) is 0 Å². The average molecular weight is 308 g/mol. The third kappa shape index (κ3) is 6.59. The van der Waals surface area contributed by atoms with E-state index in [1.807, 2.05) is 0 Å². The molecule has 0 radical (unpaired) electrons. The Morgan fingerprint density at radius 3 is 2.45 bits per heavy atom. The largest absolute Gasteiger partial charge is 1.00 e. The van der Waals surface area contributed by atoms with Crippen molar-refractivity contribution in [1.29, 1.82) is 0 Å². The van der Waals surface area contributed by atoms with E-state index in [2.05, 4.69) is 13.8 Å². The van der Waals surface area contributed by atoms with Gasteiger partial charge in [0.05, 0.1) is 11.5 Å². The summed E-state index contributed by atoms with van der Waals surface area (Å²) in [4.78, 5) is -0.277. The number of unbranched alkanes of at least 4 members (excludes halogenated alkanes) is 1. The van der Waals surface area contributed by atoms with Crippen molar-refractivity contribution in [3.05, 3.63) is 24.3 Å². The van der Waals surface area contributed by atoms with Gasteiger partial charge in [-0.25, -0.2) is 8.42 Å². The maximum atomic E-state index is 11.1. The van der Waals surface area contributed by atoms with Crippen LogP contribution in [0.1, 0.15) is 39.5 Å². The van der Waals surface area contributed by atoms with Crippen LogP contribution in [0.15, 0.2) is 29.2 Å². The smallest absolute Gasteiger partial charge is 0.744 e. The fraction of sp³-hybridized carbons (Fsp3) is 0.571. The third-order valence-corrected chi connectivity index (χ3v) is 4.01. The molecule has 0 bridgehead atoms. The van der Waals surface area contributed by atoms with Crippen LogP contribution in [0.25, 0.3) is 0 Å². The van der Waals surface area contributed by atoms with E-state index < -0.39 is 10.1 Å². The molecule has 0 spiro atoms. The Morgan fingerprint density at radius 1 is 1.25 bits per heavy atom. The number of rotatable bonds is 8. The van der Waals surface area contributed by atoms with Crippen molar-refractivity contribution in [2.24, 2.45) is 5.92 Å². The van der Waals surface area contributed by atoms with E-state index in [0.717, 1.165) is 25.7 Å². The molecule has 0 aliphatic carbocycles. The van der Waals surface area contributed by atoms with Crippen LogP contribution >= 0.6 is 0 Å². The summed E-state index contributed by atoms with van der Waals surface area (Å²) in [5.74, 6) is 0.551. The molecule has 0 aliphatic heterocycles. The maximum Gasteiger partial charge on any atom is 1.00 e. The standard InChI is InChI=1S/C14H22O4S.Na/c1-3-5-8-12(4-2)11-18-13-9-6-7-10-14(13)19(15,16)17;/h6-7,9-10,12H,3-5,8,11H2,1-2H3,(H,15,16,17);/q;+1/p-1. The van der Waals surface area contributed by atoms with Crippen LogP contribution in [-0.2, 0) is 10.1 Å². The van der Waals surface area contributed by atoms with Crippen molar-refractivity contribution in [2.45, 2.75) is 44.4 Å². The van der Waals surface area contributed by atoms with Crippen molar-refractivity contribution in [1.82, 2.24) is 0 Å². The van der Waals surface area contributed by atoms with E-state index in [0.29, 0.717) is 12.5 Å². The molecule has 0 amide bonds. The minimum absolute atomic E-state index is 0. The van der Waals surface area contributed by atoms with E-state index in [1.54, 1.807) is 6.07 Å². The molecule has 1 rings (SSSR count). The second-order valence-electron chi connectivity index (χ2n) is 4.63. The molecule has 6 heteroatoms. The van der Waals surface area contributed by atoms with Gasteiger partial charge in [0, 0.05) is 0 Å². The first-order valence-electron chi connectivity index (χ1n) is 6.66. The Labute approximate surface area is 144 Å². The van der Waals surface area contributed by atoms with Crippen LogP contribution in [0.2, 0.25) is 0 Å². The predicted molar refractivity (Wildman–Crippen MR) is 73.2 cm³/mol. The quantitative estimate of drug-likeness (QED) is 0.508. The molecule has 0 saturated heterocycles. The molecule has 0 saturated carbocycles. The molecule has 1 unspecified atom stereocenters.